The number of fused-ring (bicyclic) bond motifs is 1. The van der Waals surface area contributed by atoms with Crippen molar-refractivity contribution in [3.63, 3.8) is 0 Å². The van der Waals surface area contributed by atoms with Crippen molar-refractivity contribution in [1.82, 2.24) is 0 Å². The number of anilines is 2. The molecule has 1 N–H and O–H groups in total. The first-order valence-corrected chi connectivity index (χ1v) is 11.4. The Hall–Kier alpha value is -1.36. The van der Waals surface area contributed by atoms with E-state index >= 15 is 0 Å². The fraction of sp³-hybridized carbons (Fsp3) is 0.650. The van der Waals surface area contributed by atoms with Gasteiger partial charge in [0.2, 0.25) is 5.91 Å². The predicted octanol–water partition coefficient (Wildman–Crippen LogP) is 5.74. The summed E-state index contributed by atoms with van der Waals surface area (Å²) >= 11 is 0. The van der Waals surface area contributed by atoms with Crippen LogP contribution in [-0.4, -0.2) is 24.7 Å². The molecule has 1 aromatic carbocycles. The third kappa shape index (κ3) is 6.63. The molecule has 0 aromatic heterocycles. The van der Waals surface area contributed by atoms with Gasteiger partial charge in [-0.3, -0.25) is 18.5 Å². The molecule has 0 fully saturated rings. The van der Waals surface area contributed by atoms with E-state index in [-0.39, 0.29) is 18.1 Å². The van der Waals surface area contributed by atoms with Gasteiger partial charge in [-0.25, -0.2) is 4.57 Å². The summed E-state index contributed by atoms with van der Waals surface area (Å²) in [5.74, 6) is -0.0210. The number of carbonyl (C=O) groups is 1. The summed E-state index contributed by atoms with van der Waals surface area (Å²) in [6.45, 7) is 7.94. The number of nitrogens with one attached hydrogen (secondary N) is 1. The van der Waals surface area contributed by atoms with Gasteiger partial charge in [0.15, 0.2) is 0 Å². The molecule has 27 heavy (non-hydrogen) atoms. The maximum Gasteiger partial charge on any atom is 0.435 e. The highest BCUT2D eigenvalue weighted by Crippen LogP contribution is 2.57. The molecule has 0 unspecified atom stereocenters. The molecule has 1 amide bonds. The Bertz CT molecular complexity index is 649. The Morgan fingerprint density at radius 1 is 0.963 bits per heavy atom. The van der Waals surface area contributed by atoms with Crippen LogP contribution in [0.3, 0.4) is 0 Å². The van der Waals surface area contributed by atoms with E-state index in [0.717, 1.165) is 32.1 Å². The summed E-state index contributed by atoms with van der Waals surface area (Å²) in [5.41, 5.74) is 1.32. The van der Waals surface area contributed by atoms with Gasteiger partial charge in [-0.1, -0.05) is 31.4 Å². The van der Waals surface area contributed by atoms with Crippen LogP contribution in [0.5, 0.6) is 0 Å². The molecule has 6 nitrogen and oxygen atoms in total. The van der Waals surface area contributed by atoms with Gasteiger partial charge in [-0.05, 0) is 52.7 Å². The van der Waals surface area contributed by atoms with Gasteiger partial charge in [0.25, 0.3) is 0 Å². The van der Waals surface area contributed by atoms with Gasteiger partial charge in [-0.15, -0.1) is 0 Å². The van der Waals surface area contributed by atoms with Crippen LogP contribution in [0.25, 0.3) is 0 Å². The van der Waals surface area contributed by atoms with E-state index in [0.29, 0.717) is 24.3 Å². The van der Waals surface area contributed by atoms with Crippen LogP contribution in [0.15, 0.2) is 24.3 Å². The second-order valence-electron chi connectivity index (χ2n) is 7.48. The van der Waals surface area contributed by atoms with Gasteiger partial charge in [0.05, 0.1) is 23.6 Å². The molecule has 0 bridgehead atoms. The third-order valence-electron chi connectivity index (χ3n) is 4.21. The summed E-state index contributed by atoms with van der Waals surface area (Å²) in [6, 6.07) is 7.43. The van der Waals surface area contributed by atoms with Gasteiger partial charge in [0.1, 0.15) is 0 Å². The van der Waals surface area contributed by atoms with Gasteiger partial charge >= 0.3 is 7.75 Å². The Balaban J connectivity index is 2.47. The molecule has 1 aliphatic heterocycles. The van der Waals surface area contributed by atoms with Crippen molar-refractivity contribution in [3.05, 3.63) is 24.3 Å². The number of amides is 1. The fourth-order valence-electron chi connectivity index (χ4n) is 3.14. The number of rotatable bonds is 5. The Morgan fingerprint density at radius 2 is 1.56 bits per heavy atom. The zero-order valence-electron chi connectivity index (χ0n) is 16.9. The minimum absolute atomic E-state index is 0.0210. The average molecular weight is 396 g/mol. The van der Waals surface area contributed by atoms with E-state index in [1.54, 1.807) is 4.67 Å². The Kier molecular flexibility index (Phi) is 8.33. The minimum Gasteiger partial charge on any atom is -0.324 e. The summed E-state index contributed by atoms with van der Waals surface area (Å²) in [6.07, 6.45) is 4.87. The molecule has 0 saturated heterocycles. The van der Waals surface area contributed by atoms with Crippen molar-refractivity contribution in [2.75, 3.05) is 16.5 Å². The first kappa shape index (κ1) is 21.9. The SMILES string of the molecule is CC(C)OP(=O)(OC(C)C)N1CCCCCCCC(=O)Nc2ccccc21. The largest absolute Gasteiger partial charge is 0.435 e. The van der Waals surface area contributed by atoms with E-state index in [4.69, 9.17) is 9.05 Å². The smallest absolute Gasteiger partial charge is 0.324 e. The third-order valence-corrected chi connectivity index (χ3v) is 6.60. The maximum atomic E-state index is 13.8. The number of hydrogen-bond acceptors (Lipinski definition) is 4. The highest BCUT2D eigenvalue weighted by atomic mass is 31.2. The van der Waals surface area contributed by atoms with Crippen molar-refractivity contribution in [3.8, 4) is 0 Å². The van der Waals surface area contributed by atoms with Crippen molar-refractivity contribution < 1.29 is 18.4 Å². The highest BCUT2D eigenvalue weighted by Gasteiger charge is 2.37. The first-order chi connectivity index (χ1) is 12.8. The van der Waals surface area contributed by atoms with Gasteiger partial charge < -0.3 is 5.32 Å². The van der Waals surface area contributed by atoms with Crippen molar-refractivity contribution >= 4 is 25.0 Å². The zero-order chi connectivity index (χ0) is 19.9. The summed E-state index contributed by atoms with van der Waals surface area (Å²) in [4.78, 5) is 12.3. The van der Waals surface area contributed by atoms with Crippen molar-refractivity contribution in [2.24, 2.45) is 0 Å². The van der Waals surface area contributed by atoms with E-state index in [1.165, 1.54) is 0 Å². The lowest BCUT2D eigenvalue weighted by molar-refractivity contribution is -0.116. The molecule has 152 valence electrons. The molecule has 2 rings (SSSR count). The molecule has 1 aromatic rings. The van der Waals surface area contributed by atoms with Crippen molar-refractivity contribution in [1.29, 1.82) is 0 Å². The summed E-state index contributed by atoms with van der Waals surface area (Å²) < 4.78 is 27.2. The van der Waals surface area contributed by atoms with Crippen LogP contribution in [0.4, 0.5) is 11.4 Å². The number of benzene rings is 1. The molecular formula is C20H33N2O4P. The lowest BCUT2D eigenvalue weighted by atomic mass is 10.1. The lowest BCUT2D eigenvalue weighted by Gasteiger charge is -2.35. The van der Waals surface area contributed by atoms with Crippen molar-refractivity contribution in [2.45, 2.75) is 78.4 Å². The molecule has 0 aliphatic carbocycles. The molecular weight excluding hydrogens is 363 g/mol. The Labute approximate surface area is 163 Å². The van der Waals surface area contributed by atoms with Gasteiger partial charge in [-0.2, -0.15) is 0 Å². The average Bonchev–Trinajstić information content (AvgIpc) is 2.55. The monoisotopic (exact) mass is 396 g/mol. The van der Waals surface area contributed by atoms with E-state index in [9.17, 15) is 9.36 Å². The van der Waals surface area contributed by atoms with Crippen LogP contribution in [-0.2, 0) is 18.4 Å². The van der Waals surface area contributed by atoms with Crippen LogP contribution < -0.4 is 9.99 Å². The molecule has 0 saturated carbocycles. The van der Waals surface area contributed by atoms with E-state index in [2.05, 4.69) is 5.32 Å². The molecule has 1 aliphatic rings. The fourth-order valence-corrected chi connectivity index (χ4v) is 5.31. The topological polar surface area (TPSA) is 67.9 Å². The number of carbonyl (C=O) groups excluding carboxylic acids is 1. The minimum atomic E-state index is -3.58. The Morgan fingerprint density at radius 3 is 2.22 bits per heavy atom. The standard InChI is InChI=1S/C20H33N2O4P/c1-16(2)25-27(24,26-17(3)4)22-15-11-7-5-6-8-14-20(23)21-18-12-9-10-13-19(18)22/h9-10,12-13,16-17H,5-8,11,14-15H2,1-4H3,(H,21,23). The number of para-hydroxylation sites is 2. The van der Waals surface area contributed by atoms with E-state index in [1.807, 2.05) is 52.0 Å². The number of hydrogen-bond donors (Lipinski definition) is 1. The normalized spacial score (nSPS) is 17.3. The molecule has 1 heterocycles. The zero-order valence-corrected chi connectivity index (χ0v) is 17.8. The van der Waals surface area contributed by atoms with Gasteiger partial charge in [0, 0.05) is 13.0 Å². The molecule has 0 radical (unpaired) electrons. The predicted molar refractivity (Wildman–Crippen MR) is 110 cm³/mol. The first-order valence-electron chi connectivity index (χ1n) is 9.95. The molecule has 7 heteroatoms. The van der Waals surface area contributed by atoms with Crippen LogP contribution >= 0.6 is 7.75 Å². The summed E-state index contributed by atoms with van der Waals surface area (Å²) in [5, 5.41) is 2.97. The van der Waals surface area contributed by atoms with E-state index < -0.39 is 7.75 Å². The lowest BCUT2D eigenvalue weighted by Crippen LogP contribution is -2.28. The summed E-state index contributed by atoms with van der Waals surface area (Å²) in [7, 11) is -3.58. The van der Waals surface area contributed by atoms with Crippen LogP contribution in [0.1, 0.15) is 66.2 Å². The number of nitrogens with zero attached hydrogens (tertiary/aromatic N) is 1. The van der Waals surface area contributed by atoms with Crippen LogP contribution in [0.2, 0.25) is 0 Å². The second kappa shape index (κ2) is 10.3. The quantitative estimate of drug-likeness (QED) is 0.643. The molecule has 0 atom stereocenters. The second-order valence-corrected chi connectivity index (χ2v) is 9.32. The van der Waals surface area contributed by atoms with Crippen LogP contribution in [0, 0.1) is 0 Å². The molecule has 0 spiro atoms. The highest BCUT2D eigenvalue weighted by molar-refractivity contribution is 7.55. The maximum absolute atomic E-state index is 13.8.